The SMILES string of the molecule is CC[C@]1(C(=O)O)[C@H](c2ccc(F)cc2)CC(=O)N1NC(=O)c1ccccc1. The second-order valence-electron chi connectivity index (χ2n) is 6.43. The van der Waals surface area contributed by atoms with E-state index in [1.165, 1.54) is 24.3 Å². The molecule has 0 bridgehead atoms. The Morgan fingerprint density at radius 1 is 1.19 bits per heavy atom. The number of aliphatic carboxylic acids is 1. The van der Waals surface area contributed by atoms with Crippen LogP contribution in [0.1, 0.15) is 41.6 Å². The van der Waals surface area contributed by atoms with E-state index in [4.69, 9.17) is 0 Å². The van der Waals surface area contributed by atoms with Crippen molar-refractivity contribution in [2.75, 3.05) is 0 Å². The van der Waals surface area contributed by atoms with E-state index >= 15 is 0 Å². The molecule has 0 radical (unpaired) electrons. The Balaban J connectivity index is 1.99. The van der Waals surface area contributed by atoms with Gasteiger partial charge in [0.1, 0.15) is 5.82 Å². The third kappa shape index (κ3) is 3.16. The maximum absolute atomic E-state index is 13.3. The van der Waals surface area contributed by atoms with Gasteiger partial charge in [0.05, 0.1) is 0 Å². The lowest BCUT2D eigenvalue weighted by Gasteiger charge is -2.37. The Morgan fingerprint density at radius 2 is 1.81 bits per heavy atom. The van der Waals surface area contributed by atoms with Crippen LogP contribution in [-0.2, 0) is 9.59 Å². The maximum Gasteiger partial charge on any atom is 0.332 e. The van der Waals surface area contributed by atoms with Crippen molar-refractivity contribution in [3.8, 4) is 0 Å². The number of carbonyl (C=O) groups excluding carboxylic acids is 2. The van der Waals surface area contributed by atoms with Gasteiger partial charge >= 0.3 is 5.97 Å². The van der Waals surface area contributed by atoms with Crippen LogP contribution in [0.2, 0.25) is 0 Å². The number of carboxylic acid groups (broad SMARTS) is 1. The molecule has 1 aliphatic rings. The number of nitrogens with one attached hydrogen (secondary N) is 1. The first-order chi connectivity index (χ1) is 12.9. The van der Waals surface area contributed by atoms with Gasteiger partial charge in [0, 0.05) is 17.9 Å². The van der Waals surface area contributed by atoms with Gasteiger partial charge in [0.2, 0.25) is 5.91 Å². The van der Waals surface area contributed by atoms with Crippen molar-refractivity contribution in [1.29, 1.82) is 0 Å². The molecule has 1 aliphatic heterocycles. The Labute approximate surface area is 155 Å². The van der Waals surface area contributed by atoms with Gasteiger partial charge in [-0.2, -0.15) is 0 Å². The summed E-state index contributed by atoms with van der Waals surface area (Å²) in [5, 5.41) is 10.9. The van der Waals surface area contributed by atoms with Crippen LogP contribution in [0.15, 0.2) is 54.6 Å². The molecule has 1 saturated heterocycles. The molecule has 2 atom stereocenters. The number of amides is 2. The lowest BCUT2D eigenvalue weighted by atomic mass is 9.78. The third-order valence-corrected chi connectivity index (χ3v) is 5.03. The molecule has 0 spiro atoms. The highest BCUT2D eigenvalue weighted by molar-refractivity contribution is 5.99. The van der Waals surface area contributed by atoms with Crippen molar-refractivity contribution in [3.63, 3.8) is 0 Å². The number of benzene rings is 2. The van der Waals surface area contributed by atoms with Crippen molar-refractivity contribution in [2.24, 2.45) is 0 Å². The van der Waals surface area contributed by atoms with Crippen molar-refractivity contribution < 1.29 is 23.9 Å². The molecule has 2 N–H and O–H groups in total. The lowest BCUT2D eigenvalue weighted by Crippen LogP contribution is -2.61. The van der Waals surface area contributed by atoms with Crippen molar-refractivity contribution in [2.45, 2.75) is 31.2 Å². The van der Waals surface area contributed by atoms with Crippen molar-refractivity contribution in [1.82, 2.24) is 10.4 Å². The fraction of sp³-hybridized carbons (Fsp3) is 0.250. The van der Waals surface area contributed by atoms with E-state index in [2.05, 4.69) is 5.43 Å². The van der Waals surface area contributed by atoms with Gasteiger partial charge in [-0.25, -0.2) is 14.2 Å². The molecule has 7 heteroatoms. The number of halogens is 1. The molecule has 6 nitrogen and oxygen atoms in total. The number of carboxylic acids is 1. The zero-order valence-electron chi connectivity index (χ0n) is 14.7. The molecular weight excluding hydrogens is 351 g/mol. The number of hydrogen-bond donors (Lipinski definition) is 2. The highest BCUT2D eigenvalue weighted by Gasteiger charge is 2.58. The summed E-state index contributed by atoms with van der Waals surface area (Å²) in [5.41, 5.74) is 1.66. The minimum absolute atomic E-state index is 0.0746. The number of nitrogens with zero attached hydrogens (tertiary/aromatic N) is 1. The minimum Gasteiger partial charge on any atom is -0.479 e. The average Bonchev–Trinajstić information content (AvgIpc) is 2.96. The molecule has 0 aliphatic carbocycles. The first-order valence-corrected chi connectivity index (χ1v) is 8.58. The number of hydrogen-bond acceptors (Lipinski definition) is 3. The van der Waals surface area contributed by atoms with E-state index in [0.717, 1.165) is 5.01 Å². The molecule has 1 fully saturated rings. The van der Waals surface area contributed by atoms with E-state index in [-0.39, 0.29) is 12.8 Å². The standard InChI is InChI=1S/C20H19FN2O4/c1-2-20(19(26)27)16(13-8-10-15(21)11-9-13)12-17(24)23(20)22-18(25)14-6-4-3-5-7-14/h3-11,16H,2,12H2,1H3,(H,22,25)(H,26,27)/t16-,20+/m0/s1. The van der Waals surface area contributed by atoms with Crippen LogP contribution in [0.3, 0.4) is 0 Å². The molecule has 2 aromatic carbocycles. The number of rotatable bonds is 5. The maximum atomic E-state index is 13.3. The van der Waals surface area contributed by atoms with Gasteiger partial charge in [-0.15, -0.1) is 0 Å². The summed E-state index contributed by atoms with van der Waals surface area (Å²) in [5.74, 6) is -3.46. The van der Waals surface area contributed by atoms with Crippen LogP contribution in [-0.4, -0.2) is 33.4 Å². The first kappa shape index (κ1) is 18.6. The Kier molecular flexibility index (Phi) is 4.94. The molecule has 0 unspecified atom stereocenters. The van der Waals surface area contributed by atoms with Gasteiger partial charge < -0.3 is 5.11 Å². The lowest BCUT2D eigenvalue weighted by molar-refractivity contribution is -0.157. The summed E-state index contributed by atoms with van der Waals surface area (Å²) < 4.78 is 13.3. The van der Waals surface area contributed by atoms with E-state index < -0.39 is 35.1 Å². The second kappa shape index (κ2) is 7.19. The van der Waals surface area contributed by atoms with Gasteiger partial charge in [0.15, 0.2) is 5.54 Å². The predicted molar refractivity (Wildman–Crippen MR) is 95.2 cm³/mol. The van der Waals surface area contributed by atoms with E-state index in [0.29, 0.717) is 11.1 Å². The Bertz CT molecular complexity index is 869. The molecule has 0 aromatic heterocycles. The van der Waals surface area contributed by atoms with Crippen LogP contribution in [0.25, 0.3) is 0 Å². The van der Waals surface area contributed by atoms with Crippen molar-refractivity contribution in [3.05, 3.63) is 71.5 Å². The van der Waals surface area contributed by atoms with Crippen LogP contribution >= 0.6 is 0 Å². The summed E-state index contributed by atoms with van der Waals surface area (Å²) in [7, 11) is 0. The fourth-order valence-electron chi connectivity index (χ4n) is 3.62. The smallest absolute Gasteiger partial charge is 0.332 e. The molecule has 2 aromatic rings. The number of carbonyl (C=O) groups is 3. The highest BCUT2D eigenvalue weighted by Crippen LogP contribution is 2.44. The van der Waals surface area contributed by atoms with Gasteiger partial charge in [0.25, 0.3) is 5.91 Å². The van der Waals surface area contributed by atoms with Gasteiger partial charge in [-0.3, -0.25) is 15.0 Å². The van der Waals surface area contributed by atoms with Crippen LogP contribution in [0.4, 0.5) is 4.39 Å². The Hall–Kier alpha value is -3.22. The molecular formula is C20H19FN2O4. The van der Waals surface area contributed by atoms with E-state index in [1.807, 2.05) is 0 Å². The normalized spacial score (nSPS) is 21.9. The molecule has 140 valence electrons. The topological polar surface area (TPSA) is 86.7 Å². The Morgan fingerprint density at radius 3 is 2.37 bits per heavy atom. The van der Waals surface area contributed by atoms with Crippen LogP contribution in [0.5, 0.6) is 0 Å². The molecule has 0 saturated carbocycles. The van der Waals surface area contributed by atoms with E-state index in [9.17, 15) is 23.9 Å². The fourth-order valence-corrected chi connectivity index (χ4v) is 3.62. The largest absolute Gasteiger partial charge is 0.479 e. The predicted octanol–water partition coefficient (Wildman–Crippen LogP) is 2.72. The number of hydrazine groups is 1. The minimum atomic E-state index is -1.65. The summed E-state index contributed by atoms with van der Waals surface area (Å²) >= 11 is 0. The molecule has 2 amide bonds. The zero-order valence-corrected chi connectivity index (χ0v) is 14.7. The summed E-state index contributed by atoms with van der Waals surface area (Å²) in [6, 6.07) is 13.6. The second-order valence-corrected chi connectivity index (χ2v) is 6.43. The van der Waals surface area contributed by atoms with Crippen LogP contribution in [0, 0.1) is 5.82 Å². The quantitative estimate of drug-likeness (QED) is 0.847. The van der Waals surface area contributed by atoms with E-state index in [1.54, 1.807) is 37.3 Å². The van der Waals surface area contributed by atoms with Gasteiger partial charge in [-0.05, 0) is 36.2 Å². The first-order valence-electron chi connectivity index (χ1n) is 8.58. The summed E-state index contributed by atoms with van der Waals surface area (Å²) in [4.78, 5) is 37.4. The summed E-state index contributed by atoms with van der Waals surface area (Å²) in [6.45, 7) is 1.64. The van der Waals surface area contributed by atoms with Crippen LogP contribution < -0.4 is 5.43 Å². The summed E-state index contributed by atoms with van der Waals surface area (Å²) in [6.07, 6.45) is -0.0218. The monoisotopic (exact) mass is 370 g/mol. The third-order valence-electron chi connectivity index (χ3n) is 5.03. The zero-order chi connectivity index (χ0) is 19.6. The molecule has 27 heavy (non-hydrogen) atoms. The average molecular weight is 370 g/mol. The highest BCUT2D eigenvalue weighted by atomic mass is 19.1. The van der Waals surface area contributed by atoms with Gasteiger partial charge in [-0.1, -0.05) is 37.3 Å². The molecule has 3 rings (SSSR count). The van der Waals surface area contributed by atoms with Crippen molar-refractivity contribution >= 4 is 17.8 Å². The molecule has 1 heterocycles.